The monoisotopic (exact) mass is 145 g/mol. The minimum Gasteiger partial charge on any atom is -0.479 e. The Balaban J connectivity index is 2.63. The molecule has 1 aliphatic heterocycles. The van der Waals surface area contributed by atoms with Gasteiger partial charge in [-0.1, -0.05) is 0 Å². The molecule has 0 radical (unpaired) electrons. The van der Waals surface area contributed by atoms with Gasteiger partial charge in [0.05, 0.1) is 6.17 Å². The number of hydrogen-bond donors (Lipinski definition) is 4. The van der Waals surface area contributed by atoms with Gasteiger partial charge >= 0.3 is 5.97 Å². The van der Waals surface area contributed by atoms with Crippen molar-refractivity contribution in [3.8, 4) is 0 Å². The van der Waals surface area contributed by atoms with Crippen LogP contribution in [-0.4, -0.2) is 29.4 Å². The van der Waals surface area contributed by atoms with Gasteiger partial charge < -0.3 is 10.8 Å². The zero-order valence-electron chi connectivity index (χ0n) is 5.72. The maximum atomic E-state index is 10.5. The zero-order valence-corrected chi connectivity index (χ0v) is 5.72. The maximum Gasteiger partial charge on any atom is 0.338 e. The van der Waals surface area contributed by atoms with Gasteiger partial charge in [-0.15, -0.1) is 0 Å². The van der Waals surface area contributed by atoms with Gasteiger partial charge in [0.1, 0.15) is 0 Å². The summed E-state index contributed by atoms with van der Waals surface area (Å²) in [6.07, 6.45) is -0.263. The lowest BCUT2D eigenvalue weighted by molar-refractivity contribution is -0.144. The van der Waals surface area contributed by atoms with Crippen LogP contribution in [0.2, 0.25) is 0 Å². The lowest BCUT2D eigenvalue weighted by Gasteiger charge is -2.18. The van der Waals surface area contributed by atoms with Crippen molar-refractivity contribution in [3.63, 3.8) is 0 Å². The standard InChI is InChI=1S/C5H11N3O2/c1-5(4(9)10)7-2-3(6)8-5/h3,7-8H,2,6H2,1H3,(H,9,10). The average Bonchev–Trinajstić information content (AvgIpc) is 2.13. The first kappa shape index (κ1) is 7.46. The quantitative estimate of drug-likeness (QED) is 0.352. The van der Waals surface area contributed by atoms with Crippen molar-refractivity contribution >= 4 is 5.97 Å². The molecule has 1 saturated heterocycles. The molecule has 0 spiro atoms. The number of rotatable bonds is 1. The van der Waals surface area contributed by atoms with Gasteiger partial charge in [0, 0.05) is 6.54 Å². The second kappa shape index (κ2) is 2.19. The van der Waals surface area contributed by atoms with E-state index in [-0.39, 0.29) is 6.17 Å². The molecule has 10 heavy (non-hydrogen) atoms. The van der Waals surface area contributed by atoms with Crippen LogP contribution in [-0.2, 0) is 4.79 Å². The Morgan fingerprint density at radius 2 is 2.50 bits per heavy atom. The minimum absolute atomic E-state index is 0.263. The van der Waals surface area contributed by atoms with E-state index in [2.05, 4.69) is 10.6 Å². The summed E-state index contributed by atoms with van der Waals surface area (Å²) in [5.41, 5.74) is 4.37. The molecule has 0 aromatic carbocycles. The fraction of sp³-hybridized carbons (Fsp3) is 0.800. The SMILES string of the molecule is CC1(C(=O)O)NCC(N)N1. The molecule has 1 aliphatic rings. The minimum atomic E-state index is -1.04. The van der Waals surface area contributed by atoms with Gasteiger partial charge in [0.15, 0.2) is 5.66 Å². The predicted molar refractivity (Wildman–Crippen MR) is 35.2 cm³/mol. The second-order valence-corrected chi connectivity index (χ2v) is 2.56. The Bertz CT molecular complexity index is 161. The molecule has 5 N–H and O–H groups in total. The second-order valence-electron chi connectivity index (χ2n) is 2.56. The van der Waals surface area contributed by atoms with Gasteiger partial charge in [-0.05, 0) is 6.92 Å². The van der Waals surface area contributed by atoms with Crippen molar-refractivity contribution in [1.29, 1.82) is 0 Å². The van der Waals surface area contributed by atoms with Crippen molar-refractivity contribution in [2.24, 2.45) is 5.73 Å². The summed E-state index contributed by atoms with van der Waals surface area (Å²) in [4.78, 5) is 10.5. The predicted octanol–water partition coefficient (Wildman–Crippen LogP) is -1.74. The first-order valence-electron chi connectivity index (χ1n) is 3.06. The van der Waals surface area contributed by atoms with E-state index in [1.165, 1.54) is 0 Å². The molecule has 5 nitrogen and oxygen atoms in total. The third-order valence-corrected chi connectivity index (χ3v) is 1.58. The van der Waals surface area contributed by atoms with E-state index in [0.29, 0.717) is 6.54 Å². The molecule has 58 valence electrons. The Morgan fingerprint density at radius 3 is 2.70 bits per heavy atom. The van der Waals surface area contributed by atoms with Crippen LogP contribution in [0.4, 0.5) is 0 Å². The van der Waals surface area contributed by atoms with Crippen LogP contribution in [0.25, 0.3) is 0 Å². The molecule has 0 saturated carbocycles. The molecule has 0 aromatic rings. The third kappa shape index (κ3) is 1.11. The fourth-order valence-corrected chi connectivity index (χ4v) is 0.924. The molecule has 2 atom stereocenters. The summed E-state index contributed by atoms with van der Waals surface area (Å²) >= 11 is 0. The Kier molecular flexibility index (Phi) is 1.63. The first-order chi connectivity index (χ1) is 4.54. The lowest BCUT2D eigenvalue weighted by atomic mass is 10.2. The van der Waals surface area contributed by atoms with Crippen LogP contribution in [0.1, 0.15) is 6.92 Å². The fourth-order valence-electron chi connectivity index (χ4n) is 0.924. The van der Waals surface area contributed by atoms with Gasteiger partial charge in [0.2, 0.25) is 0 Å². The van der Waals surface area contributed by atoms with E-state index in [4.69, 9.17) is 10.8 Å². The molecule has 1 heterocycles. The number of nitrogens with two attached hydrogens (primary N) is 1. The Labute approximate surface area is 58.6 Å². The van der Waals surface area contributed by atoms with Crippen molar-refractivity contribution in [2.75, 3.05) is 6.54 Å². The van der Waals surface area contributed by atoms with Crippen molar-refractivity contribution in [1.82, 2.24) is 10.6 Å². The van der Waals surface area contributed by atoms with Crippen molar-refractivity contribution in [3.05, 3.63) is 0 Å². The Morgan fingerprint density at radius 1 is 1.90 bits per heavy atom. The number of carbonyl (C=O) groups is 1. The van der Waals surface area contributed by atoms with Crippen molar-refractivity contribution in [2.45, 2.75) is 18.8 Å². The normalized spacial score (nSPS) is 40.0. The van der Waals surface area contributed by atoms with Crippen LogP contribution in [0.5, 0.6) is 0 Å². The number of carboxylic acid groups (broad SMARTS) is 1. The number of nitrogens with one attached hydrogen (secondary N) is 2. The summed E-state index contributed by atoms with van der Waals surface area (Å²) < 4.78 is 0. The topological polar surface area (TPSA) is 87.4 Å². The van der Waals surface area contributed by atoms with Gasteiger partial charge in [-0.25, -0.2) is 4.79 Å². The van der Waals surface area contributed by atoms with Crippen molar-refractivity contribution < 1.29 is 9.90 Å². The summed E-state index contributed by atoms with van der Waals surface area (Å²) in [5, 5.41) is 14.1. The molecule has 0 aliphatic carbocycles. The zero-order chi connectivity index (χ0) is 7.78. The van der Waals surface area contributed by atoms with E-state index >= 15 is 0 Å². The molecule has 1 fully saturated rings. The number of aliphatic carboxylic acids is 1. The summed E-state index contributed by atoms with van der Waals surface area (Å²) in [7, 11) is 0. The molecule has 0 amide bonds. The number of hydrogen-bond acceptors (Lipinski definition) is 4. The average molecular weight is 145 g/mol. The summed E-state index contributed by atoms with van der Waals surface area (Å²) in [6.45, 7) is 2.03. The van der Waals surface area contributed by atoms with Crippen LogP contribution in [0.15, 0.2) is 0 Å². The van der Waals surface area contributed by atoms with Gasteiger partial charge in [0.25, 0.3) is 0 Å². The number of carboxylic acids is 1. The molecular formula is C5H11N3O2. The molecule has 0 aromatic heterocycles. The van der Waals surface area contributed by atoms with E-state index in [1.807, 2.05) is 0 Å². The lowest BCUT2D eigenvalue weighted by Crippen LogP contribution is -2.55. The van der Waals surface area contributed by atoms with Gasteiger partial charge in [-0.3, -0.25) is 10.6 Å². The van der Waals surface area contributed by atoms with E-state index in [9.17, 15) is 4.79 Å². The molecule has 1 rings (SSSR count). The third-order valence-electron chi connectivity index (χ3n) is 1.58. The molecule has 2 unspecified atom stereocenters. The summed E-state index contributed by atoms with van der Waals surface area (Å²) in [5.74, 6) is -0.930. The largest absolute Gasteiger partial charge is 0.479 e. The van der Waals surface area contributed by atoms with E-state index in [1.54, 1.807) is 6.92 Å². The molecule has 0 bridgehead atoms. The highest BCUT2D eigenvalue weighted by Gasteiger charge is 2.38. The van der Waals surface area contributed by atoms with Crippen LogP contribution in [0.3, 0.4) is 0 Å². The molecular weight excluding hydrogens is 134 g/mol. The Hall–Kier alpha value is -0.650. The van der Waals surface area contributed by atoms with Gasteiger partial charge in [-0.2, -0.15) is 0 Å². The highest BCUT2D eigenvalue weighted by Crippen LogP contribution is 2.04. The van der Waals surface area contributed by atoms with Crippen LogP contribution >= 0.6 is 0 Å². The molecule has 5 heteroatoms. The maximum absolute atomic E-state index is 10.5. The first-order valence-corrected chi connectivity index (χ1v) is 3.06. The smallest absolute Gasteiger partial charge is 0.338 e. The van der Waals surface area contributed by atoms with Crippen LogP contribution < -0.4 is 16.4 Å². The summed E-state index contributed by atoms with van der Waals surface area (Å²) in [6, 6.07) is 0. The van der Waals surface area contributed by atoms with Crippen LogP contribution in [0, 0.1) is 0 Å². The highest BCUT2D eigenvalue weighted by molar-refractivity contribution is 5.78. The highest BCUT2D eigenvalue weighted by atomic mass is 16.4. The van der Waals surface area contributed by atoms with E-state index in [0.717, 1.165) is 0 Å². The van der Waals surface area contributed by atoms with E-state index < -0.39 is 11.6 Å².